The zero-order valence-electron chi connectivity index (χ0n) is 14.7. The summed E-state index contributed by atoms with van der Waals surface area (Å²) in [6, 6.07) is 9.75. The van der Waals surface area contributed by atoms with Gasteiger partial charge in [-0.2, -0.15) is 0 Å². The fourth-order valence-electron chi connectivity index (χ4n) is 3.86. The van der Waals surface area contributed by atoms with E-state index in [-0.39, 0.29) is 11.5 Å². The fourth-order valence-corrected chi connectivity index (χ4v) is 3.98. The molecule has 0 atom stereocenters. The smallest absolute Gasteiger partial charge is 0.257 e. The lowest BCUT2D eigenvalue weighted by Gasteiger charge is -2.47. The molecule has 0 saturated carbocycles. The van der Waals surface area contributed by atoms with Gasteiger partial charge in [-0.15, -0.1) is 0 Å². The van der Waals surface area contributed by atoms with Gasteiger partial charge >= 0.3 is 0 Å². The highest BCUT2D eigenvalue weighted by molar-refractivity contribution is 6.30. The van der Waals surface area contributed by atoms with Crippen molar-refractivity contribution >= 4 is 17.5 Å². The van der Waals surface area contributed by atoms with E-state index in [2.05, 4.69) is 17.0 Å². The Morgan fingerprint density at radius 2 is 1.88 bits per heavy atom. The summed E-state index contributed by atoms with van der Waals surface area (Å²) in [7, 11) is 0. The van der Waals surface area contributed by atoms with Crippen LogP contribution in [0.1, 0.15) is 28.8 Å². The van der Waals surface area contributed by atoms with Gasteiger partial charge in [-0.25, -0.2) is 0 Å². The predicted octanol–water partition coefficient (Wildman–Crippen LogP) is 3.44. The average Bonchev–Trinajstić information content (AvgIpc) is 3.20. The molecule has 3 heterocycles. The van der Waals surface area contributed by atoms with Crippen LogP contribution in [0.4, 0.5) is 0 Å². The van der Waals surface area contributed by atoms with Crippen LogP contribution < -0.4 is 0 Å². The largest absolute Gasteiger partial charge is 0.472 e. The molecule has 6 heteroatoms. The second-order valence-corrected chi connectivity index (χ2v) is 7.61. The predicted molar refractivity (Wildman–Crippen MR) is 99.3 cm³/mol. The standard InChI is InChI=1S/C20H23ClN2O3/c21-18-3-1-16(2-4-18)13-22-8-6-20(7-9-22)15-23(10-12-26-20)19(24)17-5-11-25-14-17/h1-5,11,14H,6-10,12-13,15H2. The first-order valence-electron chi connectivity index (χ1n) is 9.06. The molecule has 0 N–H and O–H groups in total. The van der Waals surface area contributed by atoms with Gasteiger partial charge in [0.05, 0.1) is 30.6 Å². The number of likely N-dealkylation sites (tertiary alicyclic amines) is 1. The highest BCUT2D eigenvalue weighted by atomic mass is 35.5. The van der Waals surface area contributed by atoms with Crippen LogP contribution in [0.25, 0.3) is 0 Å². The second-order valence-electron chi connectivity index (χ2n) is 7.17. The Labute approximate surface area is 158 Å². The van der Waals surface area contributed by atoms with Crippen molar-refractivity contribution in [2.45, 2.75) is 25.0 Å². The van der Waals surface area contributed by atoms with Crippen molar-refractivity contribution in [1.82, 2.24) is 9.80 Å². The molecule has 1 amide bonds. The number of carbonyl (C=O) groups is 1. The Bertz CT molecular complexity index is 737. The van der Waals surface area contributed by atoms with Gasteiger partial charge in [-0.1, -0.05) is 23.7 Å². The van der Waals surface area contributed by atoms with Gasteiger partial charge in [0.2, 0.25) is 0 Å². The monoisotopic (exact) mass is 374 g/mol. The van der Waals surface area contributed by atoms with Crippen molar-refractivity contribution < 1.29 is 13.9 Å². The minimum Gasteiger partial charge on any atom is -0.472 e. The van der Waals surface area contributed by atoms with Crippen LogP contribution in [-0.4, -0.2) is 54.1 Å². The van der Waals surface area contributed by atoms with E-state index in [0.717, 1.165) is 37.5 Å². The van der Waals surface area contributed by atoms with Crippen molar-refractivity contribution in [2.75, 3.05) is 32.8 Å². The molecular weight excluding hydrogens is 352 g/mol. The molecule has 26 heavy (non-hydrogen) atoms. The van der Waals surface area contributed by atoms with Crippen LogP contribution >= 0.6 is 11.6 Å². The minimum atomic E-state index is -0.214. The van der Waals surface area contributed by atoms with Crippen LogP contribution in [-0.2, 0) is 11.3 Å². The van der Waals surface area contributed by atoms with E-state index in [1.54, 1.807) is 12.3 Å². The maximum absolute atomic E-state index is 12.6. The van der Waals surface area contributed by atoms with Crippen molar-refractivity contribution in [3.63, 3.8) is 0 Å². The van der Waals surface area contributed by atoms with E-state index >= 15 is 0 Å². The Morgan fingerprint density at radius 3 is 2.58 bits per heavy atom. The first kappa shape index (κ1) is 17.6. The van der Waals surface area contributed by atoms with Crippen molar-refractivity contribution in [2.24, 2.45) is 0 Å². The van der Waals surface area contributed by atoms with Gasteiger partial charge in [0.25, 0.3) is 5.91 Å². The van der Waals surface area contributed by atoms with E-state index in [9.17, 15) is 4.79 Å². The number of rotatable bonds is 3. The Kier molecular flexibility index (Phi) is 5.02. The molecule has 2 saturated heterocycles. The number of furan rings is 1. The van der Waals surface area contributed by atoms with Crippen LogP contribution in [0.2, 0.25) is 5.02 Å². The number of ether oxygens (including phenoxy) is 1. The molecule has 2 aliphatic heterocycles. The van der Waals surface area contributed by atoms with Crippen molar-refractivity contribution in [1.29, 1.82) is 0 Å². The highest BCUT2D eigenvalue weighted by Crippen LogP contribution is 2.31. The fraction of sp³-hybridized carbons (Fsp3) is 0.450. The summed E-state index contributed by atoms with van der Waals surface area (Å²) in [4.78, 5) is 17.0. The molecule has 0 bridgehead atoms. The van der Waals surface area contributed by atoms with E-state index in [1.807, 2.05) is 17.0 Å². The molecule has 1 spiro atoms. The lowest BCUT2D eigenvalue weighted by molar-refractivity contribution is -0.127. The third-order valence-electron chi connectivity index (χ3n) is 5.39. The maximum atomic E-state index is 12.6. The molecule has 4 rings (SSSR count). The van der Waals surface area contributed by atoms with Gasteiger partial charge in [0.1, 0.15) is 6.26 Å². The molecule has 2 aliphatic rings. The van der Waals surface area contributed by atoms with Crippen LogP contribution in [0.15, 0.2) is 47.3 Å². The summed E-state index contributed by atoms with van der Waals surface area (Å²) < 4.78 is 11.2. The molecule has 2 aromatic rings. The van der Waals surface area contributed by atoms with Gasteiger partial charge < -0.3 is 14.1 Å². The SMILES string of the molecule is O=C(c1ccoc1)N1CCOC2(CCN(Cc3ccc(Cl)cc3)CC2)C1. The first-order valence-corrected chi connectivity index (χ1v) is 9.44. The van der Waals surface area contributed by atoms with Gasteiger partial charge in [0, 0.05) is 31.2 Å². The third kappa shape index (κ3) is 3.80. The van der Waals surface area contributed by atoms with Crippen molar-refractivity contribution in [3.05, 3.63) is 59.0 Å². The Morgan fingerprint density at radius 1 is 1.12 bits per heavy atom. The zero-order chi connectivity index (χ0) is 18.0. The third-order valence-corrected chi connectivity index (χ3v) is 5.64. The number of hydrogen-bond donors (Lipinski definition) is 0. The Hall–Kier alpha value is -1.82. The zero-order valence-corrected chi connectivity index (χ0v) is 15.5. The average molecular weight is 375 g/mol. The molecule has 0 radical (unpaired) electrons. The molecule has 5 nitrogen and oxygen atoms in total. The van der Waals surface area contributed by atoms with Crippen LogP contribution in [0.5, 0.6) is 0 Å². The summed E-state index contributed by atoms with van der Waals surface area (Å²) >= 11 is 5.96. The van der Waals surface area contributed by atoms with Gasteiger partial charge in [0.15, 0.2) is 0 Å². The maximum Gasteiger partial charge on any atom is 0.257 e. The van der Waals surface area contributed by atoms with Gasteiger partial charge in [-0.3, -0.25) is 9.69 Å². The van der Waals surface area contributed by atoms with E-state index in [0.29, 0.717) is 25.3 Å². The number of morpholine rings is 1. The molecular formula is C20H23ClN2O3. The Balaban J connectivity index is 1.35. The lowest BCUT2D eigenvalue weighted by atomic mass is 9.89. The second kappa shape index (κ2) is 7.43. The molecule has 138 valence electrons. The summed E-state index contributed by atoms with van der Waals surface area (Å²) in [6.45, 7) is 4.75. The number of piperidine rings is 1. The van der Waals surface area contributed by atoms with E-state index in [4.69, 9.17) is 20.8 Å². The van der Waals surface area contributed by atoms with Crippen LogP contribution in [0, 0.1) is 0 Å². The topological polar surface area (TPSA) is 45.9 Å². The summed E-state index contributed by atoms with van der Waals surface area (Å²) in [5.41, 5.74) is 1.67. The lowest BCUT2D eigenvalue weighted by Crippen LogP contribution is -2.57. The summed E-state index contributed by atoms with van der Waals surface area (Å²) in [5.74, 6) is 0.0324. The van der Waals surface area contributed by atoms with Crippen molar-refractivity contribution in [3.8, 4) is 0 Å². The minimum absolute atomic E-state index is 0.0324. The van der Waals surface area contributed by atoms with E-state index in [1.165, 1.54) is 11.8 Å². The van der Waals surface area contributed by atoms with E-state index < -0.39 is 0 Å². The number of hydrogen-bond acceptors (Lipinski definition) is 4. The van der Waals surface area contributed by atoms with Gasteiger partial charge in [-0.05, 0) is 36.6 Å². The normalized spacial score (nSPS) is 20.4. The number of amides is 1. The summed E-state index contributed by atoms with van der Waals surface area (Å²) in [6.07, 6.45) is 4.93. The quantitative estimate of drug-likeness (QED) is 0.825. The highest BCUT2D eigenvalue weighted by Gasteiger charge is 2.41. The first-order chi connectivity index (χ1) is 12.6. The molecule has 2 fully saturated rings. The number of nitrogens with zero attached hydrogens (tertiary/aromatic N) is 2. The molecule has 0 aliphatic carbocycles. The van der Waals surface area contributed by atoms with Crippen LogP contribution in [0.3, 0.4) is 0 Å². The number of carbonyl (C=O) groups excluding carboxylic acids is 1. The summed E-state index contributed by atoms with van der Waals surface area (Å²) in [5, 5.41) is 0.768. The molecule has 1 aromatic carbocycles. The molecule has 1 aromatic heterocycles. The number of benzene rings is 1. The molecule has 0 unspecified atom stereocenters. The number of halogens is 1.